The van der Waals surface area contributed by atoms with Crippen LogP contribution in [-0.4, -0.2) is 32.1 Å². The average molecular weight is 712 g/mol. The molecule has 0 bridgehead atoms. The maximum Gasteiger partial charge on any atom is 0.268 e. The molecule has 0 radical (unpaired) electrons. The molecule has 4 aromatic carbocycles. The highest BCUT2D eigenvalue weighted by atomic mass is 16.2. The van der Waals surface area contributed by atoms with Gasteiger partial charge in [-0.15, -0.1) is 6.58 Å². The number of nitrogens with two attached hydrogens (primary N) is 1. The van der Waals surface area contributed by atoms with E-state index >= 15 is 0 Å². The Balaban J connectivity index is 0.000000412. The normalized spacial score (nSPS) is 11.5. The summed E-state index contributed by atoms with van der Waals surface area (Å²) in [6.45, 7) is 11.7. The molecule has 2 amide bonds. The van der Waals surface area contributed by atoms with E-state index in [1.165, 1.54) is 24.1 Å². The van der Waals surface area contributed by atoms with Crippen LogP contribution in [0.2, 0.25) is 0 Å². The van der Waals surface area contributed by atoms with Crippen LogP contribution in [0.5, 0.6) is 0 Å². The molecule has 268 valence electrons. The van der Waals surface area contributed by atoms with Crippen LogP contribution in [0, 0.1) is 0 Å². The summed E-state index contributed by atoms with van der Waals surface area (Å²) in [5, 5.41) is 2.07. The summed E-state index contributed by atoms with van der Waals surface area (Å²) in [4.78, 5) is 47.3. The number of anilines is 1. The third-order valence-electron chi connectivity index (χ3n) is 8.30. The Morgan fingerprint density at radius 3 is 1.67 bits per heavy atom. The fourth-order valence-corrected chi connectivity index (χ4v) is 6.21. The number of para-hydroxylation sites is 1. The Kier molecular flexibility index (Phi) is 12.6. The Morgan fingerprint density at radius 1 is 0.685 bits per heavy atom. The van der Waals surface area contributed by atoms with Gasteiger partial charge in [0, 0.05) is 46.7 Å². The summed E-state index contributed by atoms with van der Waals surface area (Å²) in [5.41, 5.74) is 12.6. The summed E-state index contributed by atoms with van der Waals surface area (Å²) in [6, 6.07) is 35.2. The number of carbonyl (C=O) groups is 3. The van der Waals surface area contributed by atoms with E-state index in [4.69, 9.17) is 0 Å². The summed E-state index contributed by atoms with van der Waals surface area (Å²) in [6.07, 6.45) is 13.5. The standard InChI is InChI=1S/C36H22N4O2.C5H8O.C3H6.C2H5N/c41-35-28-11-4-12-33(34(28)36(42)39(35)27-9-2-1-3-10-27)40-31-15-13-23(25-7-5-17-37-21-25)19-29(31)30-20-24(14-16-32(30)40)26-8-6-18-38-22-26;1-3-4-5(2)6;1-3-2;1-2-3/h1-22H;3-4H,1-2H3;3H,1H2,2H3;2H,1,3H2/b;4-3+;;. The van der Waals surface area contributed by atoms with Crippen molar-refractivity contribution in [2.24, 2.45) is 5.73 Å². The molecule has 3 aromatic heterocycles. The van der Waals surface area contributed by atoms with Crippen molar-refractivity contribution in [2.75, 3.05) is 4.90 Å². The van der Waals surface area contributed by atoms with Crippen LogP contribution >= 0.6 is 0 Å². The Bertz CT molecular complexity index is 2370. The van der Waals surface area contributed by atoms with Crippen molar-refractivity contribution in [1.29, 1.82) is 0 Å². The lowest BCUT2D eigenvalue weighted by molar-refractivity contribution is -0.112. The second-order valence-electron chi connectivity index (χ2n) is 12.0. The van der Waals surface area contributed by atoms with Gasteiger partial charge in [0.25, 0.3) is 11.8 Å². The van der Waals surface area contributed by atoms with E-state index in [-0.39, 0.29) is 17.6 Å². The van der Waals surface area contributed by atoms with Crippen molar-refractivity contribution in [1.82, 2.24) is 14.5 Å². The first kappa shape index (κ1) is 38.1. The molecule has 1 aliphatic rings. The van der Waals surface area contributed by atoms with E-state index in [0.29, 0.717) is 22.5 Å². The minimum atomic E-state index is -0.328. The highest BCUT2D eigenvalue weighted by molar-refractivity contribution is 6.35. The van der Waals surface area contributed by atoms with Crippen LogP contribution in [0.1, 0.15) is 41.5 Å². The van der Waals surface area contributed by atoms with Crippen LogP contribution in [-0.2, 0) is 4.79 Å². The zero-order chi connectivity index (χ0) is 38.6. The van der Waals surface area contributed by atoms with Gasteiger partial charge in [0.1, 0.15) is 0 Å². The van der Waals surface area contributed by atoms with Gasteiger partial charge in [0.15, 0.2) is 5.78 Å². The Labute approximate surface area is 315 Å². The van der Waals surface area contributed by atoms with Crippen molar-refractivity contribution < 1.29 is 14.4 Å². The molecule has 0 unspecified atom stereocenters. The van der Waals surface area contributed by atoms with Gasteiger partial charge < -0.3 is 10.3 Å². The second-order valence-corrected chi connectivity index (χ2v) is 12.0. The first-order valence-electron chi connectivity index (χ1n) is 17.3. The van der Waals surface area contributed by atoms with E-state index in [9.17, 15) is 14.4 Å². The van der Waals surface area contributed by atoms with Crippen LogP contribution < -0.4 is 10.6 Å². The topological polar surface area (TPSA) is 111 Å². The molecule has 8 nitrogen and oxygen atoms in total. The summed E-state index contributed by atoms with van der Waals surface area (Å²) in [5.74, 6) is -0.537. The third-order valence-corrected chi connectivity index (χ3v) is 8.30. The smallest absolute Gasteiger partial charge is 0.268 e. The molecule has 8 rings (SSSR count). The Hall–Kier alpha value is -7.19. The molecule has 0 aliphatic carbocycles. The number of fused-ring (bicyclic) bond motifs is 4. The van der Waals surface area contributed by atoms with Gasteiger partial charge in [-0.2, -0.15) is 0 Å². The highest BCUT2D eigenvalue weighted by Crippen LogP contribution is 2.40. The zero-order valence-electron chi connectivity index (χ0n) is 30.5. The van der Waals surface area contributed by atoms with Gasteiger partial charge in [-0.1, -0.05) is 67.3 Å². The number of rotatable bonds is 5. The number of imide groups is 1. The fraction of sp³-hybridized carbons (Fsp3) is 0.0652. The molecule has 8 heteroatoms. The Morgan fingerprint density at radius 2 is 1.22 bits per heavy atom. The van der Waals surface area contributed by atoms with E-state index in [0.717, 1.165) is 44.1 Å². The van der Waals surface area contributed by atoms with Gasteiger partial charge in [0.05, 0.1) is 33.5 Å². The molecule has 4 heterocycles. The number of hydrogen-bond acceptors (Lipinski definition) is 6. The zero-order valence-corrected chi connectivity index (χ0v) is 30.5. The number of nitrogens with zero attached hydrogens (tertiary/aromatic N) is 4. The van der Waals surface area contributed by atoms with Crippen molar-refractivity contribution in [3.8, 4) is 27.9 Å². The molecule has 0 atom stereocenters. The highest BCUT2D eigenvalue weighted by Gasteiger charge is 2.39. The first-order chi connectivity index (χ1) is 26.3. The SMILES string of the molecule is C/C=C/C(C)=O.C=CC.C=CN.O=C1c2cccc(-n3c4ccc(-c5cccnc5)cc4c4cc(-c5cccnc5)ccc43)c2C(=O)N1c1ccccc1. The lowest BCUT2D eigenvalue weighted by Gasteiger charge is -2.14. The van der Waals surface area contributed by atoms with Crippen molar-refractivity contribution in [2.45, 2.75) is 20.8 Å². The second kappa shape index (κ2) is 17.8. The molecular formula is C46H41N5O3. The van der Waals surface area contributed by atoms with Crippen molar-refractivity contribution in [3.63, 3.8) is 0 Å². The lowest BCUT2D eigenvalue weighted by Crippen LogP contribution is -2.29. The van der Waals surface area contributed by atoms with Crippen LogP contribution in [0.3, 0.4) is 0 Å². The summed E-state index contributed by atoms with van der Waals surface area (Å²) < 4.78 is 2.10. The van der Waals surface area contributed by atoms with E-state index in [2.05, 4.69) is 69.8 Å². The van der Waals surface area contributed by atoms with Crippen LogP contribution in [0.15, 0.2) is 172 Å². The molecule has 0 spiro atoms. The molecule has 7 aromatic rings. The number of benzene rings is 4. The fourth-order valence-electron chi connectivity index (χ4n) is 6.21. The number of pyridine rings is 2. The number of hydrogen-bond donors (Lipinski definition) is 1. The predicted molar refractivity (Wildman–Crippen MR) is 221 cm³/mol. The van der Waals surface area contributed by atoms with Gasteiger partial charge in [0.2, 0.25) is 0 Å². The average Bonchev–Trinajstić information content (AvgIpc) is 3.66. The van der Waals surface area contributed by atoms with Gasteiger partial charge in [-0.25, -0.2) is 4.90 Å². The van der Waals surface area contributed by atoms with Gasteiger partial charge >= 0.3 is 0 Å². The molecule has 1 aliphatic heterocycles. The van der Waals surface area contributed by atoms with E-state index in [1.807, 2.05) is 80.8 Å². The molecule has 54 heavy (non-hydrogen) atoms. The van der Waals surface area contributed by atoms with Crippen molar-refractivity contribution >= 4 is 45.1 Å². The summed E-state index contributed by atoms with van der Waals surface area (Å²) >= 11 is 0. The van der Waals surface area contributed by atoms with E-state index in [1.54, 1.807) is 42.7 Å². The maximum atomic E-state index is 14.0. The quantitative estimate of drug-likeness (QED) is 0.108. The third kappa shape index (κ3) is 7.98. The minimum Gasteiger partial charge on any atom is -0.405 e. The number of carbonyl (C=O) groups excluding carboxylic acids is 3. The molecule has 0 saturated heterocycles. The largest absolute Gasteiger partial charge is 0.405 e. The van der Waals surface area contributed by atoms with Crippen LogP contribution in [0.4, 0.5) is 5.69 Å². The van der Waals surface area contributed by atoms with Gasteiger partial charge in [-0.05, 0) is 105 Å². The number of aromatic nitrogens is 3. The number of ketones is 1. The molecule has 2 N–H and O–H groups in total. The lowest BCUT2D eigenvalue weighted by atomic mass is 10.0. The molecule has 0 saturated carbocycles. The number of amides is 2. The predicted octanol–water partition coefficient (Wildman–Crippen LogP) is 10.1. The molecular weight excluding hydrogens is 671 g/mol. The minimum absolute atomic E-state index is 0.109. The van der Waals surface area contributed by atoms with Gasteiger partial charge in [-0.3, -0.25) is 24.4 Å². The number of allylic oxidation sites excluding steroid dienone is 3. The monoisotopic (exact) mass is 711 g/mol. The van der Waals surface area contributed by atoms with Crippen molar-refractivity contribution in [3.05, 3.63) is 183 Å². The van der Waals surface area contributed by atoms with E-state index < -0.39 is 0 Å². The first-order valence-corrected chi connectivity index (χ1v) is 17.3. The summed E-state index contributed by atoms with van der Waals surface area (Å²) in [7, 11) is 0. The molecule has 0 fully saturated rings. The van der Waals surface area contributed by atoms with Crippen LogP contribution in [0.25, 0.3) is 49.7 Å². The maximum absolute atomic E-state index is 14.0.